The van der Waals surface area contributed by atoms with E-state index in [1.807, 2.05) is 38.2 Å². The smallest absolute Gasteiger partial charge is 0.331 e. The second-order valence-corrected chi connectivity index (χ2v) is 2.89. The van der Waals surface area contributed by atoms with Crippen LogP contribution in [0.3, 0.4) is 0 Å². The summed E-state index contributed by atoms with van der Waals surface area (Å²) < 4.78 is 5.03. The first-order valence-corrected chi connectivity index (χ1v) is 3.89. The summed E-state index contributed by atoms with van der Waals surface area (Å²) in [6.07, 6.45) is 8.70. The van der Waals surface area contributed by atoms with Gasteiger partial charge in [-0.25, -0.2) is 4.79 Å². The number of rotatable bonds is 2. The van der Waals surface area contributed by atoms with Crippen LogP contribution in [0.5, 0.6) is 0 Å². The minimum Gasteiger partial charge on any atom is -0.451 e. The van der Waals surface area contributed by atoms with Crippen molar-refractivity contribution in [3.63, 3.8) is 0 Å². The van der Waals surface area contributed by atoms with Gasteiger partial charge in [0.1, 0.15) is 6.10 Å². The number of esters is 1. The maximum Gasteiger partial charge on any atom is 0.331 e. The van der Waals surface area contributed by atoms with Gasteiger partial charge in [0.25, 0.3) is 0 Å². The summed E-state index contributed by atoms with van der Waals surface area (Å²) in [7, 11) is 0. The summed E-state index contributed by atoms with van der Waals surface area (Å²) in [5.74, 6) is -0.281. The van der Waals surface area contributed by atoms with E-state index in [1.165, 1.54) is 6.08 Å². The van der Waals surface area contributed by atoms with Crippen LogP contribution in [0.15, 0.2) is 36.0 Å². The Kier molecular flexibility index (Phi) is 2.86. The Balaban J connectivity index is 2.41. The normalized spacial score (nSPS) is 14.8. The summed E-state index contributed by atoms with van der Waals surface area (Å²) in [5, 5.41) is 0. The number of hydrogen-bond acceptors (Lipinski definition) is 2. The fourth-order valence-electron chi connectivity index (χ4n) is 0.894. The predicted octanol–water partition coefficient (Wildman–Crippen LogP) is 1.99. The first kappa shape index (κ1) is 8.78. The molecular formula is C10H12O2. The highest BCUT2D eigenvalue weighted by Gasteiger charge is 2.07. The number of carbonyl (C=O) groups excluding carboxylic acids is 1. The molecule has 0 heterocycles. The molecular weight excluding hydrogens is 152 g/mol. The van der Waals surface area contributed by atoms with Gasteiger partial charge in [0.2, 0.25) is 0 Å². The monoisotopic (exact) mass is 164 g/mol. The van der Waals surface area contributed by atoms with Crippen LogP contribution in [0.25, 0.3) is 0 Å². The molecule has 64 valence electrons. The van der Waals surface area contributed by atoms with Gasteiger partial charge in [-0.2, -0.15) is 0 Å². The number of carbonyl (C=O) groups is 1. The van der Waals surface area contributed by atoms with Crippen molar-refractivity contribution >= 4 is 5.97 Å². The van der Waals surface area contributed by atoms with E-state index >= 15 is 0 Å². The van der Waals surface area contributed by atoms with Crippen LogP contribution >= 0.6 is 0 Å². The van der Waals surface area contributed by atoms with E-state index in [0.717, 1.165) is 5.57 Å². The maximum atomic E-state index is 11.0. The molecule has 12 heavy (non-hydrogen) atoms. The average molecular weight is 164 g/mol. The lowest BCUT2D eigenvalue weighted by Crippen LogP contribution is -2.10. The van der Waals surface area contributed by atoms with E-state index in [9.17, 15) is 4.79 Å². The van der Waals surface area contributed by atoms with Crippen molar-refractivity contribution in [3.05, 3.63) is 36.0 Å². The fourth-order valence-corrected chi connectivity index (χ4v) is 0.894. The van der Waals surface area contributed by atoms with Crippen molar-refractivity contribution in [2.24, 2.45) is 0 Å². The summed E-state index contributed by atoms with van der Waals surface area (Å²) in [4.78, 5) is 11.0. The minimum atomic E-state index is -0.281. The SMILES string of the molecule is CC(C)=CC(=O)OC1C=CC=C1. The largest absolute Gasteiger partial charge is 0.451 e. The van der Waals surface area contributed by atoms with Crippen molar-refractivity contribution in [2.45, 2.75) is 20.0 Å². The standard InChI is InChI=1S/C10H12O2/c1-8(2)7-10(11)12-9-5-3-4-6-9/h3-7,9H,1-2H3. The molecule has 1 aliphatic carbocycles. The molecule has 0 spiro atoms. The quantitative estimate of drug-likeness (QED) is 0.461. The lowest BCUT2D eigenvalue weighted by Gasteiger charge is -2.05. The minimum absolute atomic E-state index is 0.173. The van der Waals surface area contributed by atoms with Gasteiger partial charge in [-0.3, -0.25) is 0 Å². The topological polar surface area (TPSA) is 26.3 Å². The van der Waals surface area contributed by atoms with Gasteiger partial charge in [-0.05, 0) is 26.0 Å². The molecule has 0 aromatic heterocycles. The van der Waals surface area contributed by atoms with Crippen LogP contribution in [0.4, 0.5) is 0 Å². The summed E-state index contributed by atoms with van der Waals surface area (Å²) in [6.45, 7) is 3.73. The summed E-state index contributed by atoms with van der Waals surface area (Å²) >= 11 is 0. The molecule has 0 aromatic carbocycles. The highest BCUT2D eigenvalue weighted by molar-refractivity contribution is 5.83. The molecule has 1 aliphatic rings. The Hall–Kier alpha value is -1.31. The lowest BCUT2D eigenvalue weighted by atomic mass is 10.3. The van der Waals surface area contributed by atoms with Gasteiger partial charge in [0, 0.05) is 6.08 Å². The molecule has 0 amide bonds. The second-order valence-electron chi connectivity index (χ2n) is 2.89. The van der Waals surface area contributed by atoms with E-state index in [-0.39, 0.29) is 12.1 Å². The van der Waals surface area contributed by atoms with Crippen LogP contribution in [0.1, 0.15) is 13.8 Å². The van der Waals surface area contributed by atoms with E-state index in [2.05, 4.69) is 0 Å². The molecule has 2 nitrogen and oxygen atoms in total. The van der Waals surface area contributed by atoms with Crippen LogP contribution in [-0.4, -0.2) is 12.1 Å². The molecule has 0 saturated carbocycles. The summed E-state index contributed by atoms with van der Waals surface area (Å²) in [5.41, 5.74) is 0.950. The van der Waals surface area contributed by atoms with Gasteiger partial charge < -0.3 is 4.74 Å². The second kappa shape index (κ2) is 3.90. The Morgan fingerprint density at radius 1 is 1.33 bits per heavy atom. The number of allylic oxidation sites excluding steroid dienone is 3. The predicted molar refractivity (Wildman–Crippen MR) is 47.6 cm³/mol. The molecule has 0 unspecified atom stereocenters. The van der Waals surface area contributed by atoms with Crippen LogP contribution in [-0.2, 0) is 9.53 Å². The van der Waals surface area contributed by atoms with E-state index in [4.69, 9.17) is 4.74 Å². The zero-order valence-corrected chi connectivity index (χ0v) is 7.28. The van der Waals surface area contributed by atoms with Crippen molar-refractivity contribution in [1.82, 2.24) is 0 Å². The van der Waals surface area contributed by atoms with Gasteiger partial charge in [0.05, 0.1) is 0 Å². The molecule has 0 N–H and O–H groups in total. The lowest BCUT2D eigenvalue weighted by molar-refractivity contribution is -0.139. The molecule has 0 aromatic rings. The van der Waals surface area contributed by atoms with Gasteiger partial charge in [0.15, 0.2) is 0 Å². The zero-order valence-electron chi connectivity index (χ0n) is 7.28. The summed E-state index contributed by atoms with van der Waals surface area (Å²) in [6, 6.07) is 0. The van der Waals surface area contributed by atoms with Crippen molar-refractivity contribution in [1.29, 1.82) is 0 Å². The molecule has 0 radical (unpaired) electrons. The van der Waals surface area contributed by atoms with Crippen LogP contribution < -0.4 is 0 Å². The Morgan fingerprint density at radius 2 is 1.92 bits per heavy atom. The van der Waals surface area contributed by atoms with Crippen molar-refractivity contribution in [2.75, 3.05) is 0 Å². The molecule has 0 aliphatic heterocycles. The Morgan fingerprint density at radius 3 is 2.42 bits per heavy atom. The zero-order chi connectivity index (χ0) is 8.97. The molecule has 0 bridgehead atoms. The van der Waals surface area contributed by atoms with Crippen molar-refractivity contribution in [3.8, 4) is 0 Å². The van der Waals surface area contributed by atoms with Gasteiger partial charge in [-0.1, -0.05) is 17.7 Å². The van der Waals surface area contributed by atoms with Crippen LogP contribution in [0.2, 0.25) is 0 Å². The Bertz CT molecular complexity index is 243. The Labute approximate surface area is 72.2 Å². The van der Waals surface area contributed by atoms with E-state index < -0.39 is 0 Å². The third-order valence-electron chi connectivity index (χ3n) is 1.37. The molecule has 0 saturated heterocycles. The third-order valence-corrected chi connectivity index (χ3v) is 1.37. The molecule has 1 rings (SSSR count). The van der Waals surface area contributed by atoms with Crippen LogP contribution in [0, 0.1) is 0 Å². The number of hydrogen-bond donors (Lipinski definition) is 0. The molecule has 2 heteroatoms. The molecule has 0 fully saturated rings. The first-order chi connectivity index (χ1) is 5.68. The van der Waals surface area contributed by atoms with E-state index in [1.54, 1.807) is 0 Å². The maximum absolute atomic E-state index is 11.0. The first-order valence-electron chi connectivity index (χ1n) is 3.89. The molecule has 0 atom stereocenters. The van der Waals surface area contributed by atoms with Gasteiger partial charge in [-0.15, -0.1) is 0 Å². The average Bonchev–Trinajstić information content (AvgIpc) is 2.37. The number of ether oxygens (including phenoxy) is 1. The third kappa shape index (κ3) is 2.74. The highest BCUT2D eigenvalue weighted by atomic mass is 16.5. The van der Waals surface area contributed by atoms with Crippen molar-refractivity contribution < 1.29 is 9.53 Å². The van der Waals surface area contributed by atoms with Gasteiger partial charge >= 0.3 is 5.97 Å². The van der Waals surface area contributed by atoms with E-state index in [0.29, 0.717) is 0 Å². The fraction of sp³-hybridized carbons (Fsp3) is 0.300. The highest BCUT2D eigenvalue weighted by Crippen LogP contribution is 2.05.